The van der Waals surface area contributed by atoms with Gasteiger partial charge in [-0.3, -0.25) is 9.78 Å². The molecule has 2 aromatic heterocycles. The van der Waals surface area contributed by atoms with Crippen LogP contribution in [-0.2, 0) is 22.4 Å². The zero-order valence-corrected chi connectivity index (χ0v) is 20.5. The molecule has 3 rings (SSSR count). The monoisotopic (exact) mass is 439 g/mol. The van der Waals surface area contributed by atoms with E-state index in [1.165, 1.54) is 0 Å². The zero-order chi connectivity index (χ0) is 23.5. The lowest BCUT2D eigenvalue weighted by Crippen LogP contribution is -2.52. The van der Waals surface area contributed by atoms with E-state index in [1.807, 2.05) is 71.7 Å². The summed E-state index contributed by atoms with van der Waals surface area (Å²) in [7, 11) is 1.95. The highest BCUT2D eigenvalue weighted by Crippen LogP contribution is 2.32. The quantitative estimate of drug-likeness (QED) is 0.704. The highest BCUT2D eigenvalue weighted by molar-refractivity contribution is 5.85. The molecule has 1 amide bonds. The average Bonchev–Trinajstić information content (AvgIpc) is 3.17. The van der Waals surface area contributed by atoms with Crippen LogP contribution in [-0.4, -0.2) is 51.7 Å². The summed E-state index contributed by atoms with van der Waals surface area (Å²) < 4.78 is 5.96. The summed E-state index contributed by atoms with van der Waals surface area (Å²) in [5.74, 6) is 1.40. The summed E-state index contributed by atoms with van der Waals surface area (Å²) in [4.78, 5) is 29.5. The van der Waals surface area contributed by atoms with Gasteiger partial charge in [-0.1, -0.05) is 6.07 Å². The first-order valence-electron chi connectivity index (χ1n) is 11.4. The van der Waals surface area contributed by atoms with Gasteiger partial charge < -0.3 is 15.0 Å². The molecule has 0 spiro atoms. The van der Waals surface area contributed by atoms with Crippen molar-refractivity contribution in [1.29, 1.82) is 0 Å². The van der Waals surface area contributed by atoms with Gasteiger partial charge in [-0.25, -0.2) is 9.97 Å². The van der Waals surface area contributed by atoms with Gasteiger partial charge in [0.1, 0.15) is 17.6 Å². The van der Waals surface area contributed by atoms with E-state index in [2.05, 4.69) is 10.3 Å². The van der Waals surface area contributed by atoms with Gasteiger partial charge in [0, 0.05) is 43.1 Å². The average molecular weight is 440 g/mol. The number of carbonyl (C=O) groups excluding carboxylic acids is 1. The van der Waals surface area contributed by atoms with E-state index in [0.29, 0.717) is 18.9 Å². The van der Waals surface area contributed by atoms with Gasteiger partial charge in [-0.05, 0) is 72.9 Å². The molecule has 2 heterocycles. The van der Waals surface area contributed by atoms with Gasteiger partial charge in [-0.2, -0.15) is 0 Å². The number of aromatic nitrogens is 3. The van der Waals surface area contributed by atoms with Crippen molar-refractivity contribution in [3.8, 4) is 11.5 Å². The Labute approximate surface area is 192 Å². The van der Waals surface area contributed by atoms with Gasteiger partial charge in [0.2, 0.25) is 5.91 Å². The lowest BCUT2D eigenvalue weighted by Gasteiger charge is -2.33. The highest BCUT2D eigenvalue weighted by atomic mass is 16.5. The lowest BCUT2D eigenvalue weighted by atomic mass is 10.1. The number of anilines is 1. The molecule has 0 saturated carbocycles. The Balaban J connectivity index is 1.96. The van der Waals surface area contributed by atoms with Gasteiger partial charge >= 0.3 is 0 Å². The number of rotatable bonds is 7. The van der Waals surface area contributed by atoms with Crippen LogP contribution >= 0.6 is 0 Å². The van der Waals surface area contributed by atoms with Gasteiger partial charge in [0.05, 0.1) is 5.60 Å². The number of hydrogen-bond acceptors (Lipinski definition) is 6. The predicted molar refractivity (Wildman–Crippen MR) is 128 cm³/mol. The van der Waals surface area contributed by atoms with Crippen molar-refractivity contribution in [2.24, 2.45) is 0 Å². The Morgan fingerprint density at radius 2 is 1.91 bits per heavy atom. The molecule has 0 fully saturated rings. The molecule has 0 bridgehead atoms. The SMILES string of the molecule is CN(c1nc(-c2ccccn2)nc2c1CCC2)C(CCOC(C)(C)C)C(=O)NC(C)(C)C. The number of aryl methyl sites for hydroxylation is 1. The Morgan fingerprint density at radius 1 is 1.16 bits per heavy atom. The molecule has 32 heavy (non-hydrogen) atoms. The topological polar surface area (TPSA) is 80.2 Å². The minimum absolute atomic E-state index is 0.0257. The molecule has 7 nitrogen and oxygen atoms in total. The van der Waals surface area contributed by atoms with E-state index in [-0.39, 0.29) is 17.0 Å². The maximum atomic E-state index is 13.3. The van der Waals surface area contributed by atoms with E-state index in [9.17, 15) is 4.79 Å². The molecule has 7 heteroatoms. The van der Waals surface area contributed by atoms with Gasteiger partial charge in [-0.15, -0.1) is 0 Å². The molecule has 2 aromatic rings. The van der Waals surface area contributed by atoms with Crippen LogP contribution in [0, 0.1) is 0 Å². The Kier molecular flexibility index (Phi) is 7.18. The van der Waals surface area contributed by atoms with Crippen LogP contribution in [0.15, 0.2) is 24.4 Å². The minimum Gasteiger partial charge on any atom is -0.376 e. The van der Waals surface area contributed by atoms with Crippen LogP contribution < -0.4 is 10.2 Å². The number of amides is 1. The normalized spacial score (nSPS) is 14.7. The molecule has 1 atom stereocenters. The molecule has 0 aliphatic heterocycles. The Bertz CT molecular complexity index is 932. The van der Waals surface area contributed by atoms with Crippen LogP contribution in [0.2, 0.25) is 0 Å². The first-order chi connectivity index (χ1) is 14.9. The molecular formula is C25H37N5O2. The van der Waals surface area contributed by atoms with Crippen molar-refractivity contribution in [2.75, 3.05) is 18.6 Å². The second-order valence-electron chi connectivity index (χ2n) is 10.5. The first kappa shape index (κ1) is 24.1. The smallest absolute Gasteiger partial charge is 0.243 e. The van der Waals surface area contributed by atoms with Crippen molar-refractivity contribution in [1.82, 2.24) is 20.3 Å². The summed E-state index contributed by atoms with van der Waals surface area (Å²) in [5.41, 5.74) is 2.35. The van der Waals surface area contributed by atoms with Crippen LogP contribution in [0.25, 0.3) is 11.5 Å². The fraction of sp³-hybridized carbons (Fsp3) is 0.600. The second-order valence-corrected chi connectivity index (χ2v) is 10.5. The van der Waals surface area contributed by atoms with E-state index in [0.717, 1.165) is 42.0 Å². The molecule has 0 saturated heterocycles. The molecule has 1 unspecified atom stereocenters. The second kappa shape index (κ2) is 9.53. The van der Waals surface area contributed by atoms with E-state index < -0.39 is 6.04 Å². The highest BCUT2D eigenvalue weighted by Gasteiger charge is 2.31. The maximum absolute atomic E-state index is 13.3. The predicted octanol–water partition coefficient (Wildman–Crippen LogP) is 3.95. The fourth-order valence-corrected chi connectivity index (χ4v) is 3.89. The summed E-state index contributed by atoms with van der Waals surface area (Å²) >= 11 is 0. The van der Waals surface area contributed by atoms with E-state index in [1.54, 1.807) is 6.20 Å². The number of pyridine rings is 1. The van der Waals surface area contributed by atoms with Crippen LogP contribution in [0.4, 0.5) is 5.82 Å². The van der Waals surface area contributed by atoms with Crippen molar-refractivity contribution in [3.05, 3.63) is 35.7 Å². The summed E-state index contributed by atoms with van der Waals surface area (Å²) in [6.45, 7) is 12.5. The van der Waals surface area contributed by atoms with Crippen LogP contribution in [0.1, 0.15) is 65.6 Å². The number of nitrogens with zero attached hydrogens (tertiary/aromatic N) is 4. The number of likely N-dealkylation sites (N-methyl/N-ethyl adjacent to an activating group) is 1. The standard InChI is InChI=1S/C25H37N5O2/c1-24(2,3)29-23(31)20(14-16-32-25(4,5)6)30(7)22-17-11-10-13-18(17)27-21(28-22)19-12-8-9-15-26-19/h8-9,12,15,20H,10-11,13-14,16H2,1-7H3,(H,29,31). The number of nitrogens with one attached hydrogen (secondary N) is 1. The molecule has 1 aliphatic rings. The van der Waals surface area contributed by atoms with E-state index >= 15 is 0 Å². The first-order valence-corrected chi connectivity index (χ1v) is 11.4. The Morgan fingerprint density at radius 3 is 2.53 bits per heavy atom. The fourth-order valence-electron chi connectivity index (χ4n) is 3.89. The summed E-state index contributed by atoms with van der Waals surface area (Å²) in [6.07, 6.45) is 5.20. The molecule has 1 aliphatic carbocycles. The number of ether oxygens (including phenoxy) is 1. The molecular weight excluding hydrogens is 402 g/mol. The van der Waals surface area contributed by atoms with Crippen molar-refractivity contribution < 1.29 is 9.53 Å². The number of fused-ring (bicyclic) bond motifs is 1. The molecule has 0 radical (unpaired) electrons. The number of hydrogen-bond donors (Lipinski definition) is 1. The van der Waals surface area contributed by atoms with Crippen molar-refractivity contribution >= 4 is 11.7 Å². The minimum atomic E-state index is -0.409. The van der Waals surface area contributed by atoms with E-state index in [4.69, 9.17) is 14.7 Å². The largest absolute Gasteiger partial charge is 0.376 e. The Hall–Kier alpha value is -2.54. The molecule has 0 aromatic carbocycles. The lowest BCUT2D eigenvalue weighted by molar-refractivity contribution is -0.124. The maximum Gasteiger partial charge on any atom is 0.243 e. The third kappa shape index (κ3) is 6.25. The molecule has 174 valence electrons. The molecule has 1 N–H and O–H groups in total. The summed E-state index contributed by atoms with van der Waals surface area (Å²) in [6, 6.07) is 5.33. The number of carbonyl (C=O) groups is 1. The summed E-state index contributed by atoms with van der Waals surface area (Å²) in [5, 5.41) is 3.14. The van der Waals surface area contributed by atoms with Gasteiger partial charge in [0.15, 0.2) is 5.82 Å². The van der Waals surface area contributed by atoms with Crippen LogP contribution in [0.5, 0.6) is 0 Å². The van der Waals surface area contributed by atoms with Crippen molar-refractivity contribution in [2.45, 2.75) is 84.4 Å². The third-order valence-electron chi connectivity index (χ3n) is 5.33. The third-order valence-corrected chi connectivity index (χ3v) is 5.33. The van der Waals surface area contributed by atoms with Gasteiger partial charge in [0.25, 0.3) is 0 Å². The van der Waals surface area contributed by atoms with Crippen LogP contribution in [0.3, 0.4) is 0 Å². The van der Waals surface area contributed by atoms with Crippen molar-refractivity contribution in [3.63, 3.8) is 0 Å². The zero-order valence-electron chi connectivity index (χ0n) is 20.5.